The summed E-state index contributed by atoms with van der Waals surface area (Å²) < 4.78 is 13.0. The summed E-state index contributed by atoms with van der Waals surface area (Å²) in [5.41, 5.74) is 2.67. The van der Waals surface area contributed by atoms with Gasteiger partial charge in [-0.15, -0.1) is 0 Å². The Morgan fingerprint density at radius 2 is 1.82 bits per heavy atom. The van der Waals surface area contributed by atoms with Crippen molar-refractivity contribution in [3.63, 3.8) is 0 Å². The third kappa shape index (κ3) is 3.10. The fraction of sp³-hybridized carbons (Fsp3) is 0.458. The van der Waals surface area contributed by atoms with Crippen LogP contribution in [0.4, 0.5) is 0 Å². The number of ether oxygens (including phenoxy) is 2. The second-order valence-electron chi connectivity index (χ2n) is 8.85. The molecule has 4 nitrogen and oxygen atoms in total. The number of hydrogen-bond donors (Lipinski definition) is 1. The molecule has 1 saturated heterocycles. The predicted molar refractivity (Wildman–Crippen MR) is 108 cm³/mol. The van der Waals surface area contributed by atoms with Crippen LogP contribution in [0.25, 0.3) is 11.1 Å². The van der Waals surface area contributed by atoms with Gasteiger partial charge in [0.05, 0.1) is 18.1 Å². The monoisotopic (exact) mass is 380 g/mol. The lowest BCUT2D eigenvalue weighted by Gasteiger charge is -2.51. The molecule has 0 bridgehead atoms. The van der Waals surface area contributed by atoms with E-state index in [0.29, 0.717) is 6.42 Å². The van der Waals surface area contributed by atoms with Crippen LogP contribution in [0.2, 0.25) is 0 Å². The highest BCUT2D eigenvalue weighted by Gasteiger charge is 2.52. The maximum atomic E-state index is 11.9. The van der Waals surface area contributed by atoms with Crippen LogP contribution in [0.15, 0.2) is 48.5 Å². The largest absolute Gasteiger partial charge is 0.486 e. The molecule has 0 spiro atoms. The van der Waals surface area contributed by atoms with Crippen LogP contribution in [0, 0.1) is 17.8 Å². The summed E-state index contributed by atoms with van der Waals surface area (Å²) in [4.78, 5) is 11.9. The minimum Gasteiger partial charge on any atom is -0.486 e. The molecule has 4 atom stereocenters. The second-order valence-corrected chi connectivity index (χ2v) is 8.85. The van der Waals surface area contributed by atoms with E-state index in [4.69, 9.17) is 9.47 Å². The lowest BCUT2D eigenvalue weighted by atomic mass is 9.70. The molecule has 28 heavy (non-hydrogen) atoms. The van der Waals surface area contributed by atoms with Crippen molar-refractivity contribution >= 4 is 5.97 Å². The zero-order valence-corrected chi connectivity index (χ0v) is 16.9. The SMILES string of the molecule is CC(C)[C@H]1O[C@H]2c3cccc(-c4ccccc4)c3OC(C)(C)[C@@H]2C[C@@H]1C(=O)O. The van der Waals surface area contributed by atoms with Crippen molar-refractivity contribution in [3.05, 3.63) is 54.1 Å². The van der Waals surface area contributed by atoms with Gasteiger partial charge in [-0.3, -0.25) is 4.79 Å². The van der Waals surface area contributed by atoms with Gasteiger partial charge in [0.2, 0.25) is 0 Å². The Bertz CT molecular complexity index is 871. The van der Waals surface area contributed by atoms with Crippen LogP contribution >= 0.6 is 0 Å². The lowest BCUT2D eigenvalue weighted by molar-refractivity contribution is -0.195. The number of benzene rings is 2. The van der Waals surface area contributed by atoms with Crippen molar-refractivity contribution < 1.29 is 19.4 Å². The zero-order chi connectivity index (χ0) is 20.1. The molecule has 2 aromatic rings. The first-order valence-corrected chi connectivity index (χ1v) is 10.0. The summed E-state index contributed by atoms with van der Waals surface area (Å²) in [5, 5.41) is 9.79. The van der Waals surface area contributed by atoms with Crippen LogP contribution in [0.1, 0.15) is 45.8 Å². The molecule has 0 amide bonds. The molecule has 2 aliphatic rings. The molecule has 1 fully saturated rings. The topological polar surface area (TPSA) is 55.8 Å². The van der Waals surface area contributed by atoms with E-state index in [1.54, 1.807) is 0 Å². The molecule has 0 radical (unpaired) electrons. The summed E-state index contributed by atoms with van der Waals surface area (Å²) in [6.07, 6.45) is 0.0940. The van der Waals surface area contributed by atoms with Gasteiger partial charge in [-0.1, -0.05) is 62.4 Å². The number of fused-ring (bicyclic) bond motifs is 3. The highest BCUT2D eigenvalue weighted by Crippen LogP contribution is 2.54. The summed E-state index contributed by atoms with van der Waals surface area (Å²) >= 11 is 0. The molecule has 1 N–H and O–H groups in total. The van der Waals surface area contributed by atoms with E-state index in [2.05, 4.69) is 24.3 Å². The number of carboxylic acids is 1. The average Bonchev–Trinajstić information content (AvgIpc) is 2.67. The van der Waals surface area contributed by atoms with Gasteiger partial charge in [0, 0.05) is 17.0 Å². The second kappa shape index (κ2) is 6.93. The fourth-order valence-electron chi connectivity index (χ4n) is 4.77. The van der Waals surface area contributed by atoms with E-state index >= 15 is 0 Å². The van der Waals surface area contributed by atoms with Gasteiger partial charge in [-0.2, -0.15) is 0 Å². The predicted octanol–water partition coefficient (Wildman–Crippen LogP) is 5.33. The Kier molecular flexibility index (Phi) is 4.70. The van der Waals surface area contributed by atoms with Crippen molar-refractivity contribution in [2.75, 3.05) is 0 Å². The normalized spacial score (nSPS) is 28.2. The zero-order valence-electron chi connectivity index (χ0n) is 16.9. The van der Waals surface area contributed by atoms with E-state index in [0.717, 1.165) is 22.4 Å². The number of hydrogen-bond acceptors (Lipinski definition) is 3. The molecule has 4 heteroatoms. The van der Waals surface area contributed by atoms with E-state index in [1.807, 2.05) is 52.0 Å². The highest BCUT2D eigenvalue weighted by molar-refractivity contribution is 5.74. The summed E-state index contributed by atoms with van der Waals surface area (Å²) in [5.74, 6) is -0.313. The molecule has 0 saturated carbocycles. The van der Waals surface area contributed by atoms with Gasteiger partial charge >= 0.3 is 5.97 Å². The van der Waals surface area contributed by atoms with Crippen molar-refractivity contribution in [1.29, 1.82) is 0 Å². The minimum absolute atomic E-state index is 0.0119. The van der Waals surface area contributed by atoms with Crippen molar-refractivity contribution in [3.8, 4) is 16.9 Å². The maximum Gasteiger partial charge on any atom is 0.309 e. The molecular formula is C24H28O4. The standard InChI is InChI=1S/C24H28O4/c1-14(2)20-18(23(25)26)13-19-22(27-20)17-12-8-11-16(15-9-6-5-7-10-15)21(17)28-24(19,3)4/h5-12,14,18-20,22H,13H2,1-4H3,(H,25,26)/t18-,19+,20+,22-/m0/s1. The quantitative estimate of drug-likeness (QED) is 0.782. The number of para-hydroxylation sites is 1. The Morgan fingerprint density at radius 1 is 1.11 bits per heavy atom. The average molecular weight is 380 g/mol. The van der Waals surface area contributed by atoms with Gasteiger partial charge in [0.1, 0.15) is 11.4 Å². The molecule has 0 aromatic heterocycles. The van der Waals surface area contributed by atoms with Gasteiger partial charge < -0.3 is 14.6 Å². The summed E-state index contributed by atoms with van der Waals surface area (Å²) in [6, 6.07) is 16.4. The Balaban J connectivity index is 1.82. The highest BCUT2D eigenvalue weighted by atomic mass is 16.5. The van der Waals surface area contributed by atoms with Gasteiger partial charge in [0.25, 0.3) is 0 Å². The Morgan fingerprint density at radius 3 is 2.46 bits per heavy atom. The van der Waals surface area contributed by atoms with Crippen molar-refractivity contribution in [2.45, 2.75) is 51.9 Å². The fourth-order valence-corrected chi connectivity index (χ4v) is 4.77. The van der Waals surface area contributed by atoms with Crippen molar-refractivity contribution in [2.24, 2.45) is 17.8 Å². The first-order chi connectivity index (χ1) is 13.3. The molecule has 2 aromatic carbocycles. The van der Waals surface area contributed by atoms with Crippen LogP contribution in [0.5, 0.6) is 5.75 Å². The lowest BCUT2D eigenvalue weighted by Crippen LogP contribution is -2.53. The van der Waals surface area contributed by atoms with Crippen LogP contribution in [0.3, 0.4) is 0 Å². The van der Waals surface area contributed by atoms with Crippen LogP contribution in [-0.2, 0) is 9.53 Å². The first kappa shape index (κ1) is 19.0. The third-order valence-corrected chi connectivity index (χ3v) is 6.24. The van der Waals surface area contributed by atoms with Crippen molar-refractivity contribution in [1.82, 2.24) is 0 Å². The van der Waals surface area contributed by atoms with E-state index in [-0.39, 0.29) is 24.0 Å². The first-order valence-electron chi connectivity index (χ1n) is 10.0. The van der Waals surface area contributed by atoms with E-state index in [9.17, 15) is 9.90 Å². The van der Waals surface area contributed by atoms with Crippen LogP contribution in [-0.4, -0.2) is 22.8 Å². The smallest absolute Gasteiger partial charge is 0.309 e. The molecule has 0 aliphatic carbocycles. The van der Waals surface area contributed by atoms with Gasteiger partial charge in [-0.25, -0.2) is 0 Å². The van der Waals surface area contributed by atoms with E-state index < -0.39 is 17.5 Å². The van der Waals surface area contributed by atoms with Crippen LogP contribution < -0.4 is 4.74 Å². The van der Waals surface area contributed by atoms with Gasteiger partial charge in [0.15, 0.2) is 0 Å². The van der Waals surface area contributed by atoms with E-state index in [1.165, 1.54) is 0 Å². The number of carbonyl (C=O) groups is 1. The molecule has 2 heterocycles. The Hall–Kier alpha value is -2.33. The number of aliphatic carboxylic acids is 1. The Labute approximate surface area is 166 Å². The maximum absolute atomic E-state index is 11.9. The summed E-state index contributed by atoms with van der Waals surface area (Å²) in [6.45, 7) is 8.17. The van der Waals surface area contributed by atoms with Gasteiger partial charge in [-0.05, 0) is 31.7 Å². The number of carboxylic acid groups (broad SMARTS) is 1. The summed E-state index contributed by atoms with van der Waals surface area (Å²) in [7, 11) is 0. The molecule has 4 rings (SSSR count). The molecular weight excluding hydrogens is 352 g/mol. The molecule has 0 unspecified atom stereocenters. The number of rotatable bonds is 3. The molecule has 2 aliphatic heterocycles. The molecule has 148 valence electrons. The minimum atomic E-state index is -0.781. The third-order valence-electron chi connectivity index (χ3n) is 6.24.